The number of amides is 2. The highest BCUT2D eigenvalue weighted by Gasteiger charge is 2.34. The first-order valence-corrected chi connectivity index (χ1v) is 8.23. The minimum absolute atomic E-state index is 0.231. The average molecular weight is 339 g/mol. The molecule has 0 bridgehead atoms. The fraction of sp³-hybridized carbons (Fsp3) is 0.529. The van der Waals surface area contributed by atoms with Crippen molar-refractivity contribution in [1.29, 1.82) is 0 Å². The largest absolute Gasteiger partial charge is 0.388 e. The second kappa shape index (κ2) is 7.32. The van der Waals surface area contributed by atoms with Gasteiger partial charge in [-0.25, -0.2) is 0 Å². The first-order valence-electron chi connectivity index (χ1n) is 7.85. The van der Waals surface area contributed by atoms with Crippen LogP contribution in [0.4, 0.5) is 0 Å². The number of hydrogen-bond acceptors (Lipinski definition) is 3. The molecule has 1 saturated carbocycles. The first kappa shape index (κ1) is 17.8. The SMILES string of the molecule is CC(NC(=O)c1ccccc1Cl)C(=O)N(C)CC1(O)CCCC1. The zero-order chi connectivity index (χ0) is 17.0. The maximum Gasteiger partial charge on any atom is 0.253 e. The van der Waals surface area contributed by atoms with Crippen LogP contribution in [0.1, 0.15) is 43.0 Å². The van der Waals surface area contributed by atoms with Crippen LogP contribution < -0.4 is 5.32 Å². The van der Waals surface area contributed by atoms with Crippen molar-refractivity contribution in [3.8, 4) is 0 Å². The van der Waals surface area contributed by atoms with E-state index in [-0.39, 0.29) is 18.4 Å². The summed E-state index contributed by atoms with van der Waals surface area (Å²) in [5.41, 5.74) is -0.456. The molecule has 126 valence electrons. The number of nitrogens with zero attached hydrogens (tertiary/aromatic N) is 1. The number of likely N-dealkylation sites (N-methyl/N-ethyl adjacent to an activating group) is 1. The number of benzene rings is 1. The van der Waals surface area contributed by atoms with E-state index in [1.165, 1.54) is 4.90 Å². The molecule has 0 heterocycles. The van der Waals surface area contributed by atoms with Gasteiger partial charge in [-0.15, -0.1) is 0 Å². The van der Waals surface area contributed by atoms with Crippen LogP contribution in [0.5, 0.6) is 0 Å². The van der Waals surface area contributed by atoms with E-state index in [2.05, 4.69) is 5.32 Å². The summed E-state index contributed by atoms with van der Waals surface area (Å²) in [6, 6.07) is 6.01. The van der Waals surface area contributed by atoms with Gasteiger partial charge in [-0.1, -0.05) is 36.6 Å². The van der Waals surface area contributed by atoms with Crippen molar-refractivity contribution in [3.05, 3.63) is 34.9 Å². The van der Waals surface area contributed by atoms with Crippen LogP contribution in [0.3, 0.4) is 0 Å². The summed E-state index contributed by atoms with van der Waals surface area (Å²) < 4.78 is 0. The van der Waals surface area contributed by atoms with Gasteiger partial charge in [0.05, 0.1) is 16.2 Å². The molecule has 0 spiro atoms. The fourth-order valence-electron chi connectivity index (χ4n) is 3.02. The quantitative estimate of drug-likeness (QED) is 0.865. The Labute approximate surface area is 141 Å². The lowest BCUT2D eigenvalue weighted by Gasteiger charge is -2.30. The Kier molecular flexibility index (Phi) is 5.65. The molecule has 1 aromatic carbocycles. The van der Waals surface area contributed by atoms with Crippen LogP contribution in [0.25, 0.3) is 0 Å². The maximum absolute atomic E-state index is 12.4. The van der Waals surface area contributed by atoms with Gasteiger partial charge in [0.1, 0.15) is 6.04 Å². The molecule has 1 aliphatic rings. The predicted molar refractivity (Wildman–Crippen MR) is 89.4 cm³/mol. The predicted octanol–water partition coefficient (Wildman–Crippen LogP) is 2.22. The van der Waals surface area contributed by atoms with Gasteiger partial charge < -0.3 is 15.3 Å². The van der Waals surface area contributed by atoms with Crippen molar-refractivity contribution < 1.29 is 14.7 Å². The lowest BCUT2D eigenvalue weighted by atomic mass is 10.0. The number of aliphatic hydroxyl groups is 1. The Balaban J connectivity index is 1.94. The normalized spacial score (nSPS) is 17.6. The second-order valence-electron chi connectivity index (χ2n) is 6.30. The second-order valence-corrected chi connectivity index (χ2v) is 6.71. The van der Waals surface area contributed by atoms with Crippen molar-refractivity contribution in [2.45, 2.75) is 44.2 Å². The summed E-state index contributed by atoms with van der Waals surface area (Å²) in [4.78, 5) is 26.1. The molecule has 5 nitrogen and oxygen atoms in total. The van der Waals surface area contributed by atoms with Crippen LogP contribution in [-0.2, 0) is 4.79 Å². The van der Waals surface area contributed by atoms with Crippen LogP contribution in [0, 0.1) is 0 Å². The Bertz CT molecular complexity index is 585. The minimum atomic E-state index is -0.795. The topological polar surface area (TPSA) is 69.6 Å². The van der Waals surface area contributed by atoms with Gasteiger partial charge in [0.25, 0.3) is 5.91 Å². The zero-order valence-corrected chi connectivity index (χ0v) is 14.3. The van der Waals surface area contributed by atoms with Gasteiger partial charge in [-0.05, 0) is 31.9 Å². The molecule has 2 N–H and O–H groups in total. The number of carbonyl (C=O) groups is 2. The summed E-state index contributed by atoms with van der Waals surface area (Å²) in [5.74, 6) is -0.616. The smallest absolute Gasteiger partial charge is 0.253 e. The Morgan fingerprint density at radius 1 is 1.35 bits per heavy atom. The van der Waals surface area contributed by atoms with Gasteiger partial charge in [0.2, 0.25) is 5.91 Å². The molecule has 0 aromatic heterocycles. The zero-order valence-electron chi connectivity index (χ0n) is 13.5. The molecule has 0 aliphatic heterocycles. The number of halogens is 1. The molecule has 0 radical (unpaired) electrons. The lowest BCUT2D eigenvalue weighted by molar-refractivity contribution is -0.134. The molecule has 1 unspecified atom stereocenters. The monoisotopic (exact) mass is 338 g/mol. The third-order valence-electron chi connectivity index (χ3n) is 4.28. The van der Waals surface area contributed by atoms with Crippen LogP contribution >= 0.6 is 11.6 Å². The highest BCUT2D eigenvalue weighted by molar-refractivity contribution is 6.33. The van der Waals surface area contributed by atoms with E-state index in [4.69, 9.17) is 11.6 Å². The van der Waals surface area contributed by atoms with Gasteiger partial charge in [0.15, 0.2) is 0 Å². The van der Waals surface area contributed by atoms with E-state index < -0.39 is 11.6 Å². The summed E-state index contributed by atoms with van der Waals surface area (Å²) >= 11 is 5.99. The van der Waals surface area contributed by atoms with Gasteiger partial charge in [-0.2, -0.15) is 0 Å². The van der Waals surface area contributed by atoms with Crippen molar-refractivity contribution in [3.63, 3.8) is 0 Å². The summed E-state index contributed by atoms with van der Waals surface area (Å²) in [7, 11) is 1.65. The van der Waals surface area contributed by atoms with Crippen LogP contribution in [0.15, 0.2) is 24.3 Å². The molecular formula is C17H23ClN2O3. The molecule has 6 heteroatoms. The molecule has 1 atom stereocenters. The summed E-state index contributed by atoms with van der Waals surface area (Å²) in [6.07, 6.45) is 3.39. The lowest BCUT2D eigenvalue weighted by Crippen LogP contribution is -2.50. The van der Waals surface area contributed by atoms with E-state index in [1.807, 2.05) is 0 Å². The summed E-state index contributed by atoms with van der Waals surface area (Å²) in [6.45, 7) is 1.92. The number of nitrogens with one attached hydrogen (secondary N) is 1. The standard InChI is InChI=1S/C17H23ClN2O3/c1-12(19-15(21)13-7-3-4-8-14(13)18)16(22)20(2)11-17(23)9-5-6-10-17/h3-4,7-8,12,23H,5-6,9-11H2,1-2H3,(H,19,21). The average Bonchev–Trinajstić information content (AvgIpc) is 2.92. The number of carbonyl (C=O) groups excluding carboxylic acids is 2. The van der Waals surface area contributed by atoms with Crippen LogP contribution in [0.2, 0.25) is 5.02 Å². The molecule has 0 saturated heterocycles. The van der Waals surface area contributed by atoms with Crippen LogP contribution in [-0.4, -0.2) is 47.1 Å². The molecule has 2 amide bonds. The Hall–Kier alpha value is -1.59. The molecule has 1 fully saturated rings. The van der Waals surface area contributed by atoms with Crippen molar-refractivity contribution in [1.82, 2.24) is 10.2 Å². The number of rotatable bonds is 5. The Morgan fingerprint density at radius 3 is 2.57 bits per heavy atom. The highest BCUT2D eigenvalue weighted by atomic mass is 35.5. The maximum atomic E-state index is 12.4. The highest BCUT2D eigenvalue weighted by Crippen LogP contribution is 2.30. The molecule has 1 aromatic rings. The van der Waals surface area contributed by atoms with Gasteiger partial charge in [-0.3, -0.25) is 9.59 Å². The molecule has 23 heavy (non-hydrogen) atoms. The first-order chi connectivity index (χ1) is 10.8. The van der Waals surface area contributed by atoms with Gasteiger partial charge in [0, 0.05) is 13.6 Å². The van der Waals surface area contributed by atoms with E-state index in [0.717, 1.165) is 12.8 Å². The van der Waals surface area contributed by atoms with E-state index in [1.54, 1.807) is 38.2 Å². The number of hydrogen-bond donors (Lipinski definition) is 2. The van der Waals surface area contributed by atoms with Gasteiger partial charge >= 0.3 is 0 Å². The third-order valence-corrected chi connectivity index (χ3v) is 4.61. The molecular weight excluding hydrogens is 316 g/mol. The Morgan fingerprint density at radius 2 is 1.96 bits per heavy atom. The van der Waals surface area contributed by atoms with E-state index in [9.17, 15) is 14.7 Å². The third kappa shape index (κ3) is 4.45. The van der Waals surface area contributed by atoms with Crippen molar-refractivity contribution >= 4 is 23.4 Å². The molecule has 1 aliphatic carbocycles. The fourth-order valence-corrected chi connectivity index (χ4v) is 3.24. The van der Waals surface area contributed by atoms with E-state index in [0.29, 0.717) is 23.4 Å². The van der Waals surface area contributed by atoms with E-state index >= 15 is 0 Å². The molecule has 2 rings (SSSR count). The summed E-state index contributed by atoms with van der Waals surface area (Å²) in [5, 5.41) is 13.4. The minimum Gasteiger partial charge on any atom is -0.388 e. The van der Waals surface area contributed by atoms with Crippen molar-refractivity contribution in [2.24, 2.45) is 0 Å². The van der Waals surface area contributed by atoms with Crippen molar-refractivity contribution in [2.75, 3.05) is 13.6 Å².